The molecule has 0 aliphatic carbocycles. The van der Waals surface area contributed by atoms with Gasteiger partial charge in [-0.3, -0.25) is 9.78 Å². The second kappa shape index (κ2) is 8.10. The first kappa shape index (κ1) is 18.7. The van der Waals surface area contributed by atoms with Crippen molar-refractivity contribution in [2.24, 2.45) is 0 Å². The van der Waals surface area contributed by atoms with Crippen molar-refractivity contribution >= 4 is 23.2 Å². The number of aryl methyl sites for hydroxylation is 2. The molecule has 2 N–H and O–H groups in total. The molecule has 0 aliphatic rings. The van der Waals surface area contributed by atoms with E-state index in [9.17, 15) is 9.90 Å². The minimum absolute atomic E-state index is 0.0439. The molecule has 0 unspecified atom stereocenters. The largest absolute Gasteiger partial charge is 0.506 e. The van der Waals surface area contributed by atoms with Crippen LogP contribution in [0, 0.1) is 13.8 Å². The number of nitrogens with one attached hydrogen (secondary N) is 1. The number of aromatic hydroxyl groups is 1. The highest BCUT2D eigenvalue weighted by Gasteiger charge is 2.14. The minimum Gasteiger partial charge on any atom is -0.506 e. The molecule has 3 rings (SSSR count). The second-order valence-electron chi connectivity index (χ2n) is 6.20. The van der Waals surface area contributed by atoms with Crippen LogP contribution in [-0.4, -0.2) is 16.0 Å². The van der Waals surface area contributed by atoms with Gasteiger partial charge < -0.3 is 15.2 Å². The second-order valence-corrected chi connectivity index (χ2v) is 6.64. The number of pyridine rings is 1. The van der Waals surface area contributed by atoms with E-state index in [0.29, 0.717) is 17.2 Å². The molecule has 2 aromatic carbocycles. The molecule has 138 valence electrons. The van der Waals surface area contributed by atoms with Crippen molar-refractivity contribution in [2.45, 2.75) is 20.5 Å². The summed E-state index contributed by atoms with van der Waals surface area (Å²) < 4.78 is 5.91. The fraction of sp³-hybridized carbons (Fsp3) is 0.143. The lowest BCUT2D eigenvalue weighted by molar-refractivity contribution is 0.102. The Morgan fingerprint density at radius 2 is 1.93 bits per heavy atom. The summed E-state index contributed by atoms with van der Waals surface area (Å²) in [6, 6.07) is 11.8. The van der Waals surface area contributed by atoms with Crippen molar-refractivity contribution in [1.29, 1.82) is 0 Å². The van der Waals surface area contributed by atoms with Crippen LogP contribution in [0.5, 0.6) is 11.5 Å². The van der Waals surface area contributed by atoms with E-state index in [1.54, 1.807) is 30.6 Å². The van der Waals surface area contributed by atoms with E-state index in [0.717, 1.165) is 22.4 Å². The van der Waals surface area contributed by atoms with E-state index in [2.05, 4.69) is 10.3 Å². The summed E-state index contributed by atoms with van der Waals surface area (Å²) in [5.74, 6) is 0.358. The Bertz CT molecular complexity index is 951. The van der Waals surface area contributed by atoms with Gasteiger partial charge in [-0.25, -0.2) is 0 Å². The lowest BCUT2D eigenvalue weighted by atomic mass is 10.0. The van der Waals surface area contributed by atoms with E-state index in [1.807, 2.05) is 26.0 Å². The zero-order valence-electron chi connectivity index (χ0n) is 15.0. The fourth-order valence-corrected chi connectivity index (χ4v) is 2.92. The van der Waals surface area contributed by atoms with Gasteiger partial charge in [0.05, 0.1) is 5.69 Å². The smallest absolute Gasteiger partial charge is 0.255 e. The first-order valence-electron chi connectivity index (χ1n) is 8.37. The molecule has 5 nitrogen and oxygen atoms in total. The number of carbonyl (C=O) groups excluding carboxylic acids is 1. The van der Waals surface area contributed by atoms with Crippen LogP contribution in [0.25, 0.3) is 0 Å². The van der Waals surface area contributed by atoms with Gasteiger partial charge in [0.2, 0.25) is 0 Å². The lowest BCUT2D eigenvalue weighted by Crippen LogP contribution is -2.13. The monoisotopic (exact) mass is 382 g/mol. The highest BCUT2D eigenvalue weighted by atomic mass is 35.5. The number of nitrogens with zero attached hydrogens (tertiary/aromatic N) is 1. The van der Waals surface area contributed by atoms with Crippen molar-refractivity contribution < 1.29 is 14.6 Å². The number of benzene rings is 2. The number of phenolic OH excluding ortho intramolecular Hbond substituents is 1. The van der Waals surface area contributed by atoms with Crippen molar-refractivity contribution in [1.82, 2.24) is 4.98 Å². The molecular formula is C21H19ClN2O3. The first-order valence-corrected chi connectivity index (χ1v) is 8.74. The number of rotatable bonds is 5. The Hall–Kier alpha value is -3.05. The van der Waals surface area contributed by atoms with Gasteiger partial charge in [-0.2, -0.15) is 0 Å². The number of hydrogen-bond acceptors (Lipinski definition) is 4. The third-order valence-corrected chi connectivity index (χ3v) is 4.27. The van der Waals surface area contributed by atoms with E-state index in [-0.39, 0.29) is 17.3 Å². The third-order valence-electron chi connectivity index (χ3n) is 4.04. The molecule has 1 aromatic heterocycles. The topological polar surface area (TPSA) is 71.5 Å². The van der Waals surface area contributed by atoms with E-state index in [4.69, 9.17) is 16.3 Å². The molecule has 0 spiro atoms. The highest BCUT2D eigenvalue weighted by Crippen LogP contribution is 2.29. The van der Waals surface area contributed by atoms with Crippen molar-refractivity contribution in [3.63, 3.8) is 0 Å². The van der Waals surface area contributed by atoms with Crippen molar-refractivity contribution in [2.75, 3.05) is 5.32 Å². The standard InChI is InChI=1S/C21H19ClN2O3/c1-13-8-16(21(26)24-18-10-17(22)5-6-19(18)25)9-14(2)20(13)27-12-15-4-3-7-23-11-15/h3-11,25H,12H2,1-2H3,(H,24,26). The average Bonchev–Trinajstić information content (AvgIpc) is 2.64. The summed E-state index contributed by atoms with van der Waals surface area (Å²) in [7, 11) is 0. The first-order chi connectivity index (χ1) is 12.9. The Kier molecular flexibility index (Phi) is 5.62. The van der Waals surface area contributed by atoms with Crippen molar-refractivity contribution in [3.05, 3.63) is 82.1 Å². The summed E-state index contributed by atoms with van der Waals surface area (Å²) in [5.41, 5.74) is 3.39. The predicted octanol–water partition coefficient (Wildman–Crippen LogP) is 4.89. The molecule has 0 fully saturated rings. The molecule has 0 saturated carbocycles. The van der Waals surface area contributed by atoms with Gasteiger partial charge in [-0.05, 0) is 61.4 Å². The SMILES string of the molecule is Cc1cc(C(=O)Nc2cc(Cl)ccc2O)cc(C)c1OCc1cccnc1. The van der Waals surface area contributed by atoms with Gasteiger partial charge in [-0.1, -0.05) is 17.7 Å². The summed E-state index contributed by atoms with van der Waals surface area (Å²) >= 11 is 5.92. The molecule has 1 heterocycles. The van der Waals surface area contributed by atoms with Gasteiger partial charge in [0, 0.05) is 28.5 Å². The number of halogens is 1. The summed E-state index contributed by atoms with van der Waals surface area (Å²) in [5, 5.41) is 13.0. The summed E-state index contributed by atoms with van der Waals surface area (Å²) in [6.45, 7) is 4.18. The number of amides is 1. The zero-order valence-corrected chi connectivity index (χ0v) is 15.7. The van der Waals surface area contributed by atoms with Crippen LogP contribution in [0.3, 0.4) is 0 Å². The van der Waals surface area contributed by atoms with Gasteiger partial charge in [0.1, 0.15) is 18.1 Å². The number of anilines is 1. The van der Waals surface area contributed by atoms with Gasteiger partial charge >= 0.3 is 0 Å². The Labute approximate surface area is 162 Å². The quantitative estimate of drug-likeness (QED) is 0.616. The number of ether oxygens (including phenoxy) is 1. The number of hydrogen-bond donors (Lipinski definition) is 2. The highest BCUT2D eigenvalue weighted by molar-refractivity contribution is 6.31. The van der Waals surface area contributed by atoms with Crippen LogP contribution < -0.4 is 10.1 Å². The molecule has 0 saturated heterocycles. The number of phenols is 1. The van der Waals surface area contributed by atoms with E-state index < -0.39 is 0 Å². The molecule has 0 atom stereocenters. The molecule has 0 bridgehead atoms. The maximum absolute atomic E-state index is 12.6. The third kappa shape index (κ3) is 4.57. The van der Waals surface area contributed by atoms with Crippen LogP contribution >= 0.6 is 11.6 Å². The van der Waals surface area contributed by atoms with Gasteiger partial charge in [0.25, 0.3) is 5.91 Å². The molecular weight excluding hydrogens is 364 g/mol. The zero-order chi connectivity index (χ0) is 19.4. The van der Waals surface area contributed by atoms with Crippen LogP contribution in [0.2, 0.25) is 5.02 Å². The minimum atomic E-state index is -0.336. The molecule has 0 aliphatic heterocycles. The maximum atomic E-state index is 12.6. The van der Waals surface area contributed by atoms with Crippen LogP contribution in [0.15, 0.2) is 54.9 Å². The lowest BCUT2D eigenvalue weighted by Gasteiger charge is -2.14. The maximum Gasteiger partial charge on any atom is 0.255 e. The van der Waals surface area contributed by atoms with E-state index in [1.165, 1.54) is 12.1 Å². The summed E-state index contributed by atoms with van der Waals surface area (Å²) in [6.07, 6.45) is 3.47. The fourth-order valence-electron chi connectivity index (χ4n) is 2.75. The molecule has 6 heteroatoms. The molecule has 27 heavy (non-hydrogen) atoms. The Morgan fingerprint density at radius 1 is 1.19 bits per heavy atom. The van der Waals surface area contributed by atoms with Crippen LogP contribution in [0.1, 0.15) is 27.0 Å². The normalized spacial score (nSPS) is 10.5. The van der Waals surface area contributed by atoms with Crippen LogP contribution in [0.4, 0.5) is 5.69 Å². The van der Waals surface area contributed by atoms with Gasteiger partial charge in [-0.15, -0.1) is 0 Å². The van der Waals surface area contributed by atoms with Crippen molar-refractivity contribution in [3.8, 4) is 11.5 Å². The van der Waals surface area contributed by atoms with Gasteiger partial charge in [0.15, 0.2) is 0 Å². The Balaban J connectivity index is 1.77. The summed E-state index contributed by atoms with van der Waals surface area (Å²) in [4.78, 5) is 16.6. The van der Waals surface area contributed by atoms with Crippen LogP contribution in [-0.2, 0) is 6.61 Å². The van der Waals surface area contributed by atoms with E-state index >= 15 is 0 Å². The predicted molar refractivity (Wildman–Crippen MR) is 106 cm³/mol. The molecule has 0 radical (unpaired) electrons. The Morgan fingerprint density at radius 3 is 2.59 bits per heavy atom. The average molecular weight is 383 g/mol. The molecule has 3 aromatic rings. The number of aromatic nitrogens is 1. The number of carbonyl (C=O) groups is 1. The molecule has 1 amide bonds.